The Bertz CT molecular complexity index is 426. The lowest BCUT2D eigenvalue weighted by atomic mass is 10.0. The van der Waals surface area contributed by atoms with E-state index >= 15 is 0 Å². The molecule has 0 aliphatic rings. The van der Waals surface area contributed by atoms with Crippen LogP contribution in [-0.2, 0) is 4.79 Å². The van der Waals surface area contributed by atoms with E-state index in [1.54, 1.807) is 12.1 Å². The number of carbonyl (C=O) groups is 1. The summed E-state index contributed by atoms with van der Waals surface area (Å²) in [5, 5.41) is 12.6. The smallest absolute Gasteiger partial charge is 0.258 e. The molecule has 0 aromatic heterocycles. The van der Waals surface area contributed by atoms with E-state index in [4.69, 9.17) is 4.74 Å². The second kappa shape index (κ2) is 7.29. The molecule has 1 atom stereocenters. The van der Waals surface area contributed by atoms with Gasteiger partial charge in [-0.15, -0.1) is 0 Å². The molecule has 0 bridgehead atoms. The van der Waals surface area contributed by atoms with Crippen LogP contribution in [0.2, 0.25) is 0 Å². The van der Waals surface area contributed by atoms with Crippen LogP contribution in [0.15, 0.2) is 24.3 Å². The van der Waals surface area contributed by atoms with E-state index in [0.717, 1.165) is 12.0 Å². The fourth-order valence-electron chi connectivity index (χ4n) is 1.67. The Kier molecular flexibility index (Phi) is 6.02. The minimum absolute atomic E-state index is 0.000885. The summed E-state index contributed by atoms with van der Waals surface area (Å²) in [5.74, 6) is 0.496. The summed E-state index contributed by atoms with van der Waals surface area (Å²) in [6.45, 7) is 7.91. The lowest BCUT2D eigenvalue weighted by Gasteiger charge is -2.24. The molecule has 20 heavy (non-hydrogen) atoms. The van der Waals surface area contributed by atoms with E-state index in [1.165, 1.54) is 0 Å². The maximum absolute atomic E-state index is 11.7. The van der Waals surface area contributed by atoms with E-state index in [9.17, 15) is 9.90 Å². The number of hydrogen-bond donors (Lipinski definition) is 2. The zero-order valence-corrected chi connectivity index (χ0v) is 12.8. The number of rotatable bonds is 7. The van der Waals surface area contributed by atoms with Crippen molar-refractivity contribution < 1.29 is 14.6 Å². The fourth-order valence-corrected chi connectivity index (χ4v) is 1.67. The molecule has 2 N–H and O–H groups in total. The molecule has 1 aromatic carbocycles. The van der Waals surface area contributed by atoms with Crippen molar-refractivity contribution in [3.05, 3.63) is 29.8 Å². The summed E-state index contributed by atoms with van der Waals surface area (Å²) < 4.78 is 5.43. The molecule has 4 heteroatoms. The van der Waals surface area contributed by atoms with Crippen molar-refractivity contribution >= 4 is 5.91 Å². The van der Waals surface area contributed by atoms with Crippen LogP contribution in [-0.4, -0.2) is 23.2 Å². The molecule has 112 valence electrons. The van der Waals surface area contributed by atoms with Crippen LogP contribution in [0.3, 0.4) is 0 Å². The Morgan fingerprint density at radius 2 is 1.90 bits per heavy atom. The lowest BCUT2D eigenvalue weighted by Crippen LogP contribution is -2.44. The highest BCUT2D eigenvalue weighted by atomic mass is 16.5. The monoisotopic (exact) mass is 279 g/mol. The second-order valence-corrected chi connectivity index (χ2v) is 5.57. The van der Waals surface area contributed by atoms with Gasteiger partial charge in [0.2, 0.25) is 0 Å². The SMILES string of the molecule is CC[C@@H](O)c1ccc(OCC(=O)NC(C)(C)CC)cc1. The number of benzene rings is 1. The van der Waals surface area contributed by atoms with Gasteiger partial charge in [0.1, 0.15) is 5.75 Å². The van der Waals surface area contributed by atoms with Gasteiger partial charge in [0.05, 0.1) is 6.10 Å². The van der Waals surface area contributed by atoms with Crippen molar-refractivity contribution in [2.24, 2.45) is 0 Å². The van der Waals surface area contributed by atoms with Crippen molar-refractivity contribution in [1.29, 1.82) is 0 Å². The zero-order chi connectivity index (χ0) is 15.2. The normalized spacial score (nSPS) is 12.8. The number of aliphatic hydroxyl groups excluding tert-OH is 1. The van der Waals surface area contributed by atoms with Gasteiger partial charge in [-0.1, -0.05) is 26.0 Å². The molecule has 1 amide bonds. The summed E-state index contributed by atoms with van der Waals surface area (Å²) in [6, 6.07) is 7.17. The number of carbonyl (C=O) groups excluding carboxylic acids is 1. The molecule has 0 aliphatic heterocycles. The minimum Gasteiger partial charge on any atom is -0.484 e. The molecule has 4 nitrogen and oxygen atoms in total. The predicted octanol–water partition coefficient (Wildman–Crippen LogP) is 2.81. The van der Waals surface area contributed by atoms with Crippen molar-refractivity contribution in [1.82, 2.24) is 5.32 Å². The van der Waals surface area contributed by atoms with Gasteiger partial charge in [-0.2, -0.15) is 0 Å². The Balaban J connectivity index is 2.48. The molecule has 1 aromatic rings. The van der Waals surface area contributed by atoms with E-state index in [2.05, 4.69) is 5.32 Å². The van der Waals surface area contributed by atoms with Crippen LogP contribution >= 0.6 is 0 Å². The summed E-state index contributed by atoms with van der Waals surface area (Å²) in [5.41, 5.74) is 0.645. The van der Waals surface area contributed by atoms with Gasteiger partial charge in [-0.3, -0.25) is 4.79 Å². The molecule has 1 rings (SSSR count). The third kappa shape index (κ3) is 5.21. The number of amides is 1. The van der Waals surface area contributed by atoms with Crippen molar-refractivity contribution in [3.63, 3.8) is 0 Å². The first kappa shape index (κ1) is 16.5. The first-order valence-corrected chi connectivity index (χ1v) is 7.09. The third-order valence-corrected chi connectivity index (χ3v) is 3.38. The molecular formula is C16H25NO3. The number of aliphatic hydroxyl groups is 1. The Morgan fingerprint density at radius 1 is 1.30 bits per heavy atom. The van der Waals surface area contributed by atoms with Crippen LogP contribution in [0, 0.1) is 0 Å². The average Bonchev–Trinajstić information content (AvgIpc) is 2.44. The maximum Gasteiger partial charge on any atom is 0.258 e. The molecule has 0 heterocycles. The van der Waals surface area contributed by atoms with E-state index in [-0.39, 0.29) is 18.1 Å². The van der Waals surface area contributed by atoms with E-state index in [0.29, 0.717) is 12.2 Å². The third-order valence-electron chi connectivity index (χ3n) is 3.38. The molecule has 0 aliphatic carbocycles. The van der Waals surface area contributed by atoms with E-state index in [1.807, 2.05) is 39.8 Å². The quantitative estimate of drug-likeness (QED) is 0.807. The highest BCUT2D eigenvalue weighted by Gasteiger charge is 2.17. The van der Waals surface area contributed by atoms with Gasteiger partial charge < -0.3 is 15.2 Å². The average molecular weight is 279 g/mol. The van der Waals surface area contributed by atoms with Crippen molar-refractivity contribution in [2.75, 3.05) is 6.61 Å². The predicted molar refractivity (Wildman–Crippen MR) is 79.7 cm³/mol. The molecule has 0 spiro atoms. The van der Waals surface area contributed by atoms with Crippen LogP contribution in [0.4, 0.5) is 0 Å². The van der Waals surface area contributed by atoms with Crippen LogP contribution in [0.25, 0.3) is 0 Å². The Hall–Kier alpha value is -1.55. The number of nitrogens with one attached hydrogen (secondary N) is 1. The van der Waals surface area contributed by atoms with Crippen molar-refractivity contribution in [3.8, 4) is 5.75 Å². The van der Waals surface area contributed by atoms with E-state index < -0.39 is 6.10 Å². The largest absolute Gasteiger partial charge is 0.484 e. The van der Waals surface area contributed by atoms with Gasteiger partial charge in [0.15, 0.2) is 6.61 Å². The lowest BCUT2D eigenvalue weighted by molar-refractivity contribution is -0.124. The van der Waals surface area contributed by atoms with Gasteiger partial charge in [-0.25, -0.2) is 0 Å². The minimum atomic E-state index is -0.447. The molecule has 0 saturated carbocycles. The summed E-state index contributed by atoms with van der Waals surface area (Å²) in [7, 11) is 0. The van der Waals surface area contributed by atoms with Gasteiger partial charge >= 0.3 is 0 Å². The summed E-state index contributed by atoms with van der Waals surface area (Å²) in [4.78, 5) is 11.7. The van der Waals surface area contributed by atoms with Crippen LogP contribution in [0.5, 0.6) is 5.75 Å². The molecule has 0 fully saturated rings. The van der Waals surface area contributed by atoms with Gasteiger partial charge in [-0.05, 0) is 44.4 Å². The zero-order valence-electron chi connectivity index (χ0n) is 12.8. The summed E-state index contributed by atoms with van der Waals surface area (Å²) in [6.07, 6.45) is 1.09. The van der Waals surface area contributed by atoms with Crippen LogP contribution in [0.1, 0.15) is 52.2 Å². The molecule has 0 radical (unpaired) electrons. The summed E-state index contributed by atoms with van der Waals surface area (Å²) >= 11 is 0. The first-order valence-electron chi connectivity index (χ1n) is 7.09. The standard InChI is InChI=1S/C16H25NO3/c1-5-14(18)12-7-9-13(10-8-12)20-11-15(19)17-16(3,4)6-2/h7-10,14,18H,5-6,11H2,1-4H3,(H,17,19)/t14-/m1/s1. The maximum atomic E-state index is 11.7. The first-order chi connectivity index (χ1) is 9.38. The fraction of sp³-hybridized carbons (Fsp3) is 0.562. The second-order valence-electron chi connectivity index (χ2n) is 5.57. The molecule has 0 unspecified atom stereocenters. The molecule has 0 saturated heterocycles. The van der Waals surface area contributed by atoms with Crippen LogP contribution < -0.4 is 10.1 Å². The van der Waals surface area contributed by atoms with Gasteiger partial charge in [0.25, 0.3) is 5.91 Å². The number of ether oxygens (including phenoxy) is 1. The highest BCUT2D eigenvalue weighted by Crippen LogP contribution is 2.19. The number of hydrogen-bond acceptors (Lipinski definition) is 3. The van der Waals surface area contributed by atoms with Gasteiger partial charge in [0, 0.05) is 5.54 Å². The Morgan fingerprint density at radius 3 is 2.40 bits per heavy atom. The Labute approximate surface area is 121 Å². The van der Waals surface area contributed by atoms with Crippen molar-refractivity contribution in [2.45, 2.75) is 52.2 Å². The highest BCUT2D eigenvalue weighted by molar-refractivity contribution is 5.78. The molecular weight excluding hydrogens is 254 g/mol. The topological polar surface area (TPSA) is 58.6 Å².